The fraction of sp³-hybridized carbons (Fsp3) is 0.440. The van der Waals surface area contributed by atoms with Gasteiger partial charge in [0.15, 0.2) is 5.78 Å². The minimum Gasteiger partial charge on any atom is -0.298 e. The SMILES string of the molecule is CCC[C@H](N[C@@H](c1ccc(-c2ccc(C)cc2)cc1)C(F)(F)F)C(=O)CC1(C#N)CC1. The molecule has 2 atom stereocenters. The van der Waals surface area contributed by atoms with E-state index in [2.05, 4.69) is 11.4 Å². The van der Waals surface area contributed by atoms with Crippen molar-refractivity contribution in [2.75, 3.05) is 0 Å². The van der Waals surface area contributed by atoms with Gasteiger partial charge in [-0.25, -0.2) is 0 Å². The topological polar surface area (TPSA) is 52.9 Å². The van der Waals surface area contributed by atoms with Crippen molar-refractivity contribution in [2.45, 2.75) is 64.2 Å². The van der Waals surface area contributed by atoms with Crippen molar-refractivity contribution in [1.82, 2.24) is 5.32 Å². The van der Waals surface area contributed by atoms with Crippen LogP contribution < -0.4 is 5.32 Å². The summed E-state index contributed by atoms with van der Waals surface area (Å²) < 4.78 is 41.8. The van der Waals surface area contributed by atoms with Gasteiger partial charge in [0.25, 0.3) is 0 Å². The van der Waals surface area contributed by atoms with Gasteiger partial charge in [0, 0.05) is 6.42 Å². The first kappa shape index (κ1) is 23.0. The van der Waals surface area contributed by atoms with Crippen LogP contribution in [0, 0.1) is 23.7 Å². The highest BCUT2D eigenvalue weighted by Crippen LogP contribution is 2.48. The summed E-state index contributed by atoms with van der Waals surface area (Å²) in [6.45, 7) is 3.81. The Balaban J connectivity index is 1.81. The summed E-state index contributed by atoms with van der Waals surface area (Å²) in [5, 5.41) is 11.8. The van der Waals surface area contributed by atoms with Gasteiger partial charge >= 0.3 is 6.18 Å². The molecule has 1 fully saturated rings. The summed E-state index contributed by atoms with van der Waals surface area (Å²) in [6.07, 6.45) is -2.40. The van der Waals surface area contributed by atoms with Crippen LogP contribution in [0.25, 0.3) is 11.1 Å². The number of rotatable bonds is 9. The fourth-order valence-electron chi connectivity index (χ4n) is 3.76. The molecule has 0 saturated heterocycles. The molecule has 1 aliphatic carbocycles. The first-order valence-corrected chi connectivity index (χ1v) is 10.6. The Morgan fingerprint density at radius 2 is 1.65 bits per heavy atom. The molecule has 0 heterocycles. The Morgan fingerprint density at radius 3 is 2.10 bits per heavy atom. The van der Waals surface area contributed by atoms with E-state index in [0.717, 1.165) is 16.7 Å². The fourth-order valence-corrected chi connectivity index (χ4v) is 3.76. The molecule has 3 nitrogen and oxygen atoms in total. The third kappa shape index (κ3) is 5.74. The maximum absolute atomic E-state index is 13.9. The van der Waals surface area contributed by atoms with Crippen LogP contribution in [-0.2, 0) is 4.79 Å². The number of Topliss-reactive ketones (excluding diaryl/α,β-unsaturated/α-hetero) is 1. The summed E-state index contributed by atoms with van der Waals surface area (Å²) in [5.74, 6) is -0.313. The second kappa shape index (κ2) is 9.23. The van der Waals surface area contributed by atoms with E-state index in [1.807, 2.05) is 38.1 Å². The Morgan fingerprint density at radius 1 is 1.10 bits per heavy atom. The number of benzene rings is 2. The van der Waals surface area contributed by atoms with Crippen molar-refractivity contribution in [3.05, 3.63) is 59.7 Å². The van der Waals surface area contributed by atoms with E-state index < -0.39 is 23.7 Å². The number of nitrogens with one attached hydrogen (secondary N) is 1. The number of nitriles is 1. The number of carbonyl (C=O) groups is 1. The van der Waals surface area contributed by atoms with Crippen LogP contribution in [0.4, 0.5) is 13.2 Å². The molecule has 1 saturated carbocycles. The van der Waals surface area contributed by atoms with Crippen LogP contribution in [0.15, 0.2) is 48.5 Å². The van der Waals surface area contributed by atoms with Crippen molar-refractivity contribution in [2.24, 2.45) is 5.41 Å². The Hall–Kier alpha value is -2.65. The van der Waals surface area contributed by atoms with Crippen molar-refractivity contribution in [3.8, 4) is 17.2 Å². The third-order valence-electron chi connectivity index (χ3n) is 5.89. The van der Waals surface area contributed by atoms with Crippen molar-refractivity contribution in [1.29, 1.82) is 5.26 Å². The van der Waals surface area contributed by atoms with E-state index in [4.69, 9.17) is 0 Å². The molecule has 6 heteroatoms. The number of carbonyl (C=O) groups excluding carboxylic acids is 1. The molecule has 2 aromatic carbocycles. The molecule has 0 unspecified atom stereocenters. The smallest absolute Gasteiger partial charge is 0.298 e. The van der Waals surface area contributed by atoms with Gasteiger partial charge in [-0.3, -0.25) is 10.1 Å². The van der Waals surface area contributed by atoms with Gasteiger partial charge in [-0.15, -0.1) is 0 Å². The zero-order valence-electron chi connectivity index (χ0n) is 17.8. The average Bonchev–Trinajstić information content (AvgIpc) is 3.51. The molecule has 0 bridgehead atoms. The van der Waals surface area contributed by atoms with E-state index in [1.54, 1.807) is 12.1 Å². The highest BCUT2D eigenvalue weighted by Gasteiger charge is 2.47. The lowest BCUT2D eigenvalue weighted by atomic mass is 9.93. The first-order chi connectivity index (χ1) is 14.7. The largest absolute Gasteiger partial charge is 0.407 e. The van der Waals surface area contributed by atoms with Crippen LogP contribution in [0.5, 0.6) is 0 Å². The summed E-state index contributed by atoms with van der Waals surface area (Å²) in [7, 11) is 0. The van der Waals surface area contributed by atoms with E-state index in [0.29, 0.717) is 25.7 Å². The molecule has 0 spiro atoms. The molecule has 0 amide bonds. The van der Waals surface area contributed by atoms with Gasteiger partial charge in [0.1, 0.15) is 6.04 Å². The van der Waals surface area contributed by atoms with E-state index >= 15 is 0 Å². The highest BCUT2D eigenvalue weighted by molar-refractivity contribution is 5.85. The second-order valence-corrected chi connectivity index (χ2v) is 8.51. The van der Waals surface area contributed by atoms with E-state index in [-0.39, 0.29) is 17.8 Å². The van der Waals surface area contributed by atoms with Gasteiger partial charge in [-0.2, -0.15) is 18.4 Å². The highest BCUT2D eigenvalue weighted by atomic mass is 19.4. The molecule has 3 rings (SSSR count). The van der Waals surface area contributed by atoms with Crippen LogP contribution in [-0.4, -0.2) is 18.0 Å². The molecule has 0 aliphatic heterocycles. The third-order valence-corrected chi connectivity index (χ3v) is 5.89. The van der Waals surface area contributed by atoms with Crippen LogP contribution in [0.3, 0.4) is 0 Å². The van der Waals surface area contributed by atoms with Crippen molar-refractivity contribution >= 4 is 5.78 Å². The number of ketones is 1. The number of halogens is 3. The minimum atomic E-state index is -4.55. The number of hydrogen-bond acceptors (Lipinski definition) is 3. The molecule has 0 aromatic heterocycles. The number of alkyl halides is 3. The maximum Gasteiger partial charge on any atom is 0.407 e. The normalized spacial score (nSPS) is 16.9. The van der Waals surface area contributed by atoms with Gasteiger partial charge in [-0.05, 0) is 42.9 Å². The van der Waals surface area contributed by atoms with E-state index in [1.165, 1.54) is 12.1 Å². The van der Waals surface area contributed by atoms with Gasteiger partial charge in [-0.1, -0.05) is 67.4 Å². The molecule has 164 valence electrons. The zero-order chi connectivity index (χ0) is 22.6. The predicted octanol–water partition coefficient (Wildman–Crippen LogP) is 6.29. The molecule has 31 heavy (non-hydrogen) atoms. The summed E-state index contributed by atoms with van der Waals surface area (Å²) in [5.41, 5.74) is 2.26. The number of aryl methyl sites for hydroxylation is 1. The molecule has 1 N–H and O–H groups in total. The summed E-state index contributed by atoms with van der Waals surface area (Å²) in [4.78, 5) is 12.7. The quantitative estimate of drug-likeness (QED) is 0.511. The zero-order valence-corrected chi connectivity index (χ0v) is 17.8. The van der Waals surface area contributed by atoms with Gasteiger partial charge in [0.05, 0.1) is 17.5 Å². The predicted molar refractivity (Wildman–Crippen MR) is 114 cm³/mol. The van der Waals surface area contributed by atoms with Gasteiger partial charge < -0.3 is 0 Å². The Bertz CT molecular complexity index is 939. The van der Waals surface area contributed by atoms with Crippen molar-refractivity contribution in [3.63, 3.8) is 0 Å². The number of nitrogens with zero attached hydrogens (tertiary/aromatic N) is 1. The lowest BCUT2D eigenvalue weighted by Crippen LogP contribution is -2.45. The minimum absolute atomic E-state index is 0.0120. The van der Waals surface area contributed by atoms with Crippen molar-refractivity contribution < 1.29 is 18.0 Å². The Kier molecular flexibility index (Phi) is 6.86. The van der Waals surface area contributed by atoms with Crippen LogP contribution in [0.2, 0.25) is 0 Å². The first-order valence-electron chi connectivity index (χ1n) is 10.6. The standard InChI is InChI=1S/C25H27F3N2O/c1-3-4-21(22(31)15-24(16-29)13-14-24)30-23(25(26,27)28)20-11-9-19(10-12-20)18-7-5-17(2)6-8-18/h5-12,21,23,30H,3-4,13-15H2,1-2H3/t21-,23-/m0/s1. The average molecular weight is 428 g/mol. The lowest BCUT2D eigenvalue weighted by Gasteiger charge is -2.27. The molecule has 1 aliphatic rings. The molecular formula is C25H27F3N2O. The lowest BCUT2D eigenvalue weighted by molar-refractivity contribution is -0.160. The monoisotopic (exact) mass is 428 g/mol. The Labute approximate surface area is 181 Å². The summed E-state index contributed by atoms with van der Waals surface area (Å²) >= 11 is 0. The molecule has 2 aromatic rings. The molecular weight excluding hydrogens is 401 g/mol. The maximum atomic E-state index is 13.9. The van der Waals surface area contributed by atoms with Gasteiger partial charge in [0.2, 0.25) is 0 Å². The second-order valence-electron chi connectivity index (χ2n) is 8.51. The van der Waals surface area contributed by atoms with E-state index in [9.17, 15) is 23.2 Å². The molecule has 0 radical (unpaired) electrons. The van der Waals surface area contributed by atoms with Crippen LogP contribution >= 0.6 is 0 Å². The number of hydrogen-bond donors (Lipinski definition) is 1. The van der Waals surface area contributed by atoms with Crippen LogP contribution in [0.1, 0.15) is 56.2 Å². The summed E-state index contributed by atoms with van der Waals surface area (Å²) in [6, 6.07) is 13.3.